The van der Waals surface area contributed by atoms with Crippen LogP contribution in [-0.2, 0) is 14.8 Å². The number of halogens is 7. The molecule has 1 fully saturated rings. The van der Waals surface area contributed by atoms with Gasteiger partial charge in [0.05, 0.1) is 24.8 Å². The molecular formula is C26H26Cl2F5N3O4S. The average molecular weight is 642 g/mol. The van der Waals surface area contributed by atoms with Gasteiger partial charge in [-0.05, 0) is 42.2 Å². The van der Waals surface area contributed by atoms with Gasteiger partial charge in [0.25, 0.3) is 5.91 Å². The molecule has 2 aromatic rings. The van der Waals surface area contributed by atoms with Crippen LogP contribution in [0.25, 0.3) is 0 Å². The Bertz CT molecular complexity index is 1440. The molecular weight excluding hydrogens is 616 g/mol. The van der Waals surface area contributed by atoms with E-state index < -0.39 is 64.5 Å². The van der Waals surface area contributed by atoms with E-state index in [9.17, 15) is 40.0 Å². The highest BCUT2D eigenvalue weighted by Crippen LogP contribution is 2.48. The summed E-state index contributed by atoms with van der Waals surface area (Å²) < 4.78 is 93.3. The third-order valence-electron chi connectivity index (χ3n) is 7.29. The lowest BCUT2D eigenvalue weighted by Crippen LogP contribution is -2.59. The molecule has 224 valence electrons. The molecule has 2 aromatic carbocycles. The van der Waals surface area contributed by atoms with Crippen LogP contribution in [0.5, 0.6) is 0 Å². The van der Waals surface area contributed by atoms with Gasteiger partial charge in [0, 0.05) is 27.7 Å². The minimum Gasteiger partial charge on any atom is -0.349 e. The van der Waals surface area contributed by atoms with Crippen LogP contribution in [-0.4, -0.2) is 62.1 Å². The van der Waals surface area contributed by atoms with Crippen molar-refractivity contribution in [1.29, 1.82) is 0 Å². The molecule has 2 aliphatic rings. The van der Waals surface area contributed by atoms with E-state index in [1.165, 1.54) is 47.4 Å². The number of rotatable bonds is 7. The number of hydrogen-bond donors (Lipinski definition) is 2. The number of benzene rings is 2. The highest BCUT2D eigenvalue weighted by molar-refractivity contribution is 7.88. The zero-order valence-corrected chi connectivity index (χ0v) is 23.8. The van der Waals surface area contributed by atoms with E-state index >= 15 is 0 Å². The highest BCUT2D eigenvalue weighted by atomic mass is 35.5. The third-order valence-corrected chi connectivity index (χ3v) is 8.58. The average Bonchev–Trinajstić information content (AvgIpc) is 2.86. The molecule has 0 aromatic heterocycles. The number of carbonyl (C=O) groups is 2. The van der Waals surface area contributed by atoms with Crippen molar-refractivity contribution in [3.63, 3.8) is 0 Å². The summed E-state index contributed by atoms with van der Waals surface area (Å²) >= 11 is 12.6. The van der Waals surface area contributed by atoms with E-state index in [1.807, 2.05) is 0 Å². The molecule has 15 heteroatoms. The van der Waals surface area contributed by atoms with Gasteiger partial charge in [0.15, 0.2) is 0 Å². The van der Waals surface area contributed by atoms with E-state index in [4.69, 9.17) is 23.2 Å². The molecule has 41 heavy (non-hydrogen) atoms. The first kappa shape index (κ1) is 31.5. The smallest absolute Gasteiger partial charge is 0.349 e. The van der Waals surface area contributed by atoms with Crippen molar-refractivity contribution in [2.24, 2.45) is 0 Å². The van der Waals surface area contributed by atoms with Crippen LogP contribution in [0.2, 0.25) is 10.0 Å². The van der Waals surface area contributed by atoms with Crippen molar-refractivity contribution >= 4 is 45.0 Å². The summed E-state index contributed by atoms with van der Waals surface area (Å²) in [5.41, 5.74) is 0.312. The van der Waals surface area contributed by atoms with Crippen LogP contribution >= 0.6 is 23.2 Å². The van der Waals surface area contributed by atoms with Crippen LogP contribution in [0.15, 0.2) is 42.5 Å². The summed E-state index contributed by atoms with van der Waals surface area (Å²) in [5, 5.41) is 1.96. The van der Waals surface area contributed by atoms with Crippen LogP contribution in [0, 0.1) is 0 Å². The molecule has 0 bridgehead atoms. The molecule has 1 aliphatic heterocycles. The first-order valence-corrected chi connectivity index (χ1v) is 15.2. The second-order valence-electron chi connectivity index (χ2n) is 10.2. The maximum Gasteiger partial charge on any atom is 0.455 e. The number of sulfonamides is 1. The Morgan fingerprint density at radius 1 is 1.02 bits per heavy atom. The van der Waals surface area contributed by atoms with Crippen LogP contribution < -0.4 is 10.0 Å². The maximum absolute atomic E-state index is 14.1. The minimum absolute atomic E-state index is 0.0153. The lowest BCUT2D eigenvalue weighted by atomic mass is 9.76. The number of fused-ring (bicyclic) bond motifs is 1. The van der Waals surface area contributed by atoms with Gasteiger partial charge in [-0.3, -0.25) is 9.59 Å². The van der Waals surface area contributed by atoms with E-state index in [0.717, 1.165) is 6.26 Å². The van der Waals surface area contributed by atoms with Gasteiger partial charge in [-0.2, -0.15) is 22.0 Å². The first-order valence-electron chi connectivity index (χ1n) is 12.6. The van der Waals surface area contributed by atoms with Gasteiger partial charge >= 0.3 is 12.1 Å². The normalized spacial score (nSPS) is 23.7. The predicted octanol–water partition coefficient (Wildman–Crippen LogP) is 5.45. The number of nitrogens with one attached hydrogen (secondary N) is 2. The van der Waals surface area contributed by atoms with Crippen molar-refractivity contribution < 1.29 is 40.0 Å². The standard InChI is InChI=1S/C26H26Cl2F5N3O4S/c1-41(39,40)35-19-8-4-5-9-20(19)36-22(17-11-10-14(27)12-18(17)28)21(15-6-2-3-7-16(15)24(36)38)23(37)34-13-25(29,30)26(31,32)33/h2-3,6-7,10-12,19-22,35H,4-5,8-9,13H2,1H3,(H,34,37)/t19-,20-,21+,22-/m0/s1. The van der Waals surface area contributed by atoms with Crippen molar-refractivity contribution in [2.75, 3.05) is 12.8 Å². The number of carbonyl (C=O) groups excluding carboxylic acids is 2. The SMILES string of the molecule is CS(=O)(=O)N[C@H]1CCCC[C@@H]1N1C(=O)c2ccccc2[C@@H](C(=O)NCC(F)(F)C(F)(F)F)[C@@H]1c1ccc(Cl)cc1Cl. The Hall–Kier alpha value is -2.48. The zero-order chi connectivity index (χ0) is 30.3. The number of alkyl halides is 5. The predicted molar refractivity (Wildman–Crippen MR) is 143 cm³/mol. The van der Waals surface area contributed by atoms with E-state index in [0.29, 0.717) is 25.7 Å². The maximum atomic E-state index is 14.1. The van der Waals surface area contributed by atoms with Gasteiger partial charge in [-0.25, -0.2) is 13.1 Å². The zero-order valence-electron chi connectivity index (χ0n) is 21.5. The summed E-state index contributed by atoms with van der Waals surface area (Å²) in [6.45, 7) is -2.02. The molecule has 4 atom stereocenters. The summed E-state index contributed by atoms with van der Waals surface area (Å²) in [6, 6.07) is 7.21. The number of nitrogens with zero attached hydrogens (tertiary/aromatic N) is 1. The largest absolute Gasteiger partial charge is 0.455 e. The minimum atomic E-state index is -5.90. The molecule has 0 radical (unpaired) electrons. The summed E-state index contributed by atoms with van der Waals surface area (Å²) in [7, 11) is -3.74. The molecule has 7 nitrogen and oxygen atoms in total. The Morgan fingerprint density at radius 2 is 1.68 bits per heavy atom. The van der Waals surface area contributed by atoms with Crippen LogP contribution in [0.3, 0.4) is 0 Å². The molecule has 0 unspecified atom stereocenters. The van der Waals surface area contributed by atoms with Crippen LogP contribution in [0.4, 0.5) is 22.0 Å². The second kappa shape index (κ2) is 11.7. The van der Waals surface area contributed by atoms with Crippen molar-refractivity contribution in [2.45, 2.75) is 61.8 Å². The summed E-state index contributed by atoms with van der Waals surface area (Å²) in [5.74, 6) is -8.47. The number of hydrogen-bond acceptors (Lipinski definition) is 4. The lowest BCUT2D eigenvalue weighted by Gasteiger charge is -2.49. The lowest BCUT2D eigenvalue weighted by molar-refractivity contribution is -0.278. The Labute approximate surface area is 243 Å². The van der Waals surface area contributed by atoms with Gasteiger partial charge in [-0.1, -0.05) is 60.3 Å². The molecule has 0 saturated heterocycles. The van der Waals surface area contributed by atoms with E-state index in [2.05, 4.69) is 4.72 Å². The van der Waals surface area contributed by atoms with Crippen molar-refractivity contribution in [1.82, 2.24) is 14.9 Å². The summed E-state index contributed by atoms with van der Waals surface area (Å²) in [4.78, 5) is 29.0. The Kier molecular flexibility index (Phi) is 8.94. The second-order valence-corrected chi connectivity index (χ2v) is 12.8. The van der Waals surface area contributed by atoms with Crippen molar-refractivity contribution in [3.8, 4) is 0 Å². The molecule has 2 N–H and O–H groups in total. The fourth-order valence-corrected chi connectivity index (χ4v) is 6.88. The highest BCUT2D eigenvalue weighted by Gasteiger charge is 2.58. The van der Waals surface area contributed by atoms with Gasteiger partial charge < -0.3 is 10.2 Å². The number of amides is 2. The molecule has 4 rings (SSSR count). The molecule has 0 spiro atoms. The Balaban J connectivity index is 1.89. The molecule has 1 aliphatic carbocycles. The van der Waals surface area contributed by atoms with E-state index in [1.54, 1.807) is 5.32 Å². The topological polar surface area (TPSA) is 95.6 Å². The van der Waals surface area contributed by atoms with Crippen LogP contribution in [0.1, 0.15) is 59.1 Å². The van der Waals surface area contributed by atoms with Gasteiger partial charge in [0.2, 0.25) is 15.9 Å². The third kappa shape index (κ3) is 6.63. The molecule has 1 heterocycles. The van der Waals surface area contributed by atoms with Gasteiger partial charge in [-0.15, -0.1) is 0 Å². The fourth-order valence-electron chi connectivity index (χ4n) is 5.54. The van der Waals surface area contributed by atoms with E-state index in [-0.39, 0.29) is 26.7 Å². The van der Waals surface area contributed by atoms with Gasteiger partial charge in [0.1, 0.15) is 0 Å². The quantitative estimate of drug-likeness (QED) is 0.393. The molecule has 1 saturated carbocycles. The summed E-state index contributed by atoms with van der Waals surface area (Å²) in [6.07, 6.45) is -3.00. The molecule has 2 amide bonds. The first-order chi connectivity index (χ1) is 19.0. The Morgan fingerprint density at radius 3 is 2.32 bits per heavy atom. The fraction of sp³-hybridized carbons (Fsp3) is 0.462. The monoisotopic (exact) mass is 641 g/mol. The van der Waals surface area contributed by atoms with Crippen molar-refractivity contribution in [3.05, 3.63) is 69.2 Å².